The summed E-state index contributed by atoms with van der Waals surface area (Å²) in [7, 11) is 0. The molecule has 2 rings (SSSR count). The normalized spacial score (nSPS) is 13.8. The Morgan fingerprint density at radius 3 is 1.87 bits per heavy atom. The first-order valence-corrected chi connectivity index (χ1v) is 7.59. The Hall–Kier alpha value is -1.95. The number of aliphatic imine (C=N–C) groups is 2. The van der Waals surface area contributed by atoms with Crippen LogP contribution in [0.4, 0.5) is 0 Å². The molecule has 0 spiro atoms. The monoisotopic (exact) mass is 338 g/mol. The summed E-state index contributed by atoms with van der Waals surface area (Å²) in [5, 5.41) is 0. The van der Waals surface area contributed by atoms with Crippen molar-refractivity contribution in [3.63, 3.8) is 0 Å². The third kappa shape index (κ3) is 5.32. The Kier molecular flexibility index (Phi) is 6.27. The van der Waals surface area contributed by atoms with Crippen LogP contribution in [0.5, 0.6) is 0 Å². The average molecular weight is 339 g/mol. The molecule has 1 aliphatic carbocycles. The van der Waals surface area contributed by atoms with Gasteiger partial charge in [-0.25, -0.2) is 9.98 Å². The topological polar surface area (TPSA) is 129 Å². The summed E-state index contributed by atoms with van der Waals surface area (Å²) in [4.78, 5) is 8.79. The van der Waals surface area contributed by atoms with Gasteiger partial charge in [-0.3, -0.25) is 0 Å². The molecule has 0 radical (unpaired) electrons. The molecule has 6 nitrogen and oxygen atoms in total. The van der Waals surface area contributed by atoms with Crippen molar-refractivity contribution < 1.29 is 0 Å². The van der Waals surface area contributed by atoms with Crippen molar-refractivity contribution >= 4 is 24.3 Å². The van der Waals surface area contributed by atoms with Gasteiger partial charge >= 0.3 is 0 Å². The van der Waals surface area contributed by atoms with Crippen LogP contribution >= 0.6 is 12.4 Å². The molecule has 8 N–H and O–H groups in total. The summed E-state index contributed by atoms with van der Waals surface area (Å²) in [5.74, 6) is 0.359. The first kappa shape index (κ1) is 19.1. The molecule has 7 heteroatoms. The molecule has 0 bridgehead atoms. The fourth-order valence-electron chi connectivity index (χ4n) is 3.06. The molecule has 1 aromatic rings. The van der Waals surface area contributed by atoms with Gasteiger partial charge in [-0.05, 0) is 45.1 Å². The second-order valence-electron chi connectivity index (χ2n) is 6.22. The quantitative estimate of drug-likeness (QED) is 0.460. The standard InChI is InChI=1S/C16H26N6.ClH/c1-10-7-11(2)9-12(8-10)5-6-16(13-3-4-13,21-14(17)18)22-15(19)20;/h7-9,13H,3-6H2,1-2H3,(H4,17,18,21)(H4,19,20,22);1H. The van der Waals surface area contributed by atoms with Gasteiger partial charge in [-0.15, -0.1) is 12.4 Å². The van der Waals surface area contributed by atoms with Crippen LogP contribution in [0.2, 0.25) is 0 Å². The number of nitrogens with two attached hydrogens (primary N) is 4. The largest absolute Gasteiger partial charge is 0.370 e. The Morgan fingerprint density at radius 1 is 1.00 bits per heavy atom. The highest BCUT2D eigenvalue weighted by Gasteiger charge is 2.45. The van der Waals surface area contributed by atoms with E-state index in [0.717, 1.165) is 19.3 Å². The Labute approximate surface area is 143 Å². The minimum atomic E-state index is -0.727. The van der Waals surface area contributed by atoms with Crippen molar-refractivity contribution in [1.29, 1.82) is 0 Å². The molecule has 1 saturated carbocycles. The summed E-state index contributed by atoms with van der Waals surface area (Å²) in [6.45, 7) is 4.19. The maximum atomic E-state index is 5.61. The number of halogens is 1. The van der Waals surface area contributed by atoms with Crippen LogP contribution < -0.4 is 22.9 Å². The number of nitrogens with zero attached hydrogens (tertiary/aromatic N) is 2. The number of hydrogen-bond donors (Lipinski definition) is 4. The van der Waals surface area contributed by atoms with Crippen LogP contribution in [0.25, 0.3) is 0 Å². The van der Waals surface area contributed by atoms with E-state index >= 15 is 0 Å². The van der Waals surface area contributed by atoms with Crippen molar-refractivity contribution in [2.75, 3.05) is 0 Å². The van der Waals surface area contributed by atoms with Crippen LogP contribution in [0.15, 0.2) is 28.2 Å². The second-order valence-corrected chi connectivity index (χ2v) is 6.22. The van der Waals surface area contributed by atoms with Crippen LogP contribution in [-0.2, 0) is 6.42 Å². The van der Waals surface area contributed by atoms with E-state index in [0.29, 0.717) is 12.3 Å². The number of guanidine groups is 2. The van der Waals surface area contributed by atoms with E-state index in [-0.39, 0.29) is 24.3 Å². The van der Waals surface area contributed by atoms with Gasteiger partial charge in [-0.2, -0.15) is 0 Å². The lowest BCUT2D eigenvalue weighted by Gasteiger charge is -2.26. The van der Waals surface area contributed by atoms with Crippen LogP contribution in [0.1, 0.15) is 36.0 Å². The molecule has 0 aliphatic heterocycles. The third-order valence-electron chi connectivity index (χ3n) is 3.94. The smallest absolute Gasteiger partial charge is 0.188 e. The van der Waals surface area contributed by atoms with Gasteiger partial charge in [0.1, 0.15) is 0 Å². The lowest BCUT2D eigenvalue weighted by atomic mass is 9.94. The Bertz CT molecular complexity index is 560. The molecular weight excluding hydrogens is 312 g/mol. The summed E-state index contributed by atoms with van der Waals surface area (Å²) < 4.78 is 0. The van der Waals surface area contributed by atoms with E-state index in [1.54, 1.807) is 0 Å². The van der Waals surface area contributed by atoms with E-state index in [1.807, 2.05) is 0 Å². The third-order valence-corrected chi connectivity index (χ3v) is 3.94. The molecule has 1 aromatic carbocycles. The van der Waals surface area contributed by atoms with Gasteiger partial charge < -0.3 is 22.9 Å². The lowest BCUT2D eigenvalue weighted by Crippen LogP contribution is -2.38. The fraction of sp³-hybridized carbons (Fsp3) is 0.500. The van der Waals surface area contributed by atoms with E-state index in [1.165, 1.54) is 16.7 Å². The summed E-state index contributed by atoms with van der Waals surface area (Å²) in [6, 6.07) is 6.51. The highest BCUT2D eigenvalue weighted by molar-refractivity contribution is 5.85. The number of rotatable bonds is 6. The molecule has 0 atom stereocenters. The van der Waals surface area contributed by atoms with Crippen molar-refractivity contribution in [3.8, 4) is 0 Å². The molecule has 23 heavy (non-hydrogen) atoms. The van der Waals surface area contributed by atoms with Gasteiger partial charge in [0.25, 0.3) is 0 Å². The van der Waals surface area contributed by atoms with Crippen molar-refractivity contribution in [1.82, 2.24) is 0 Å². The highest BCUT2D eigenvalue weighted by atomic mass is 35.5. The second kappa shape index (κ2) is 7.55. The predicted molar refractivity (Wildman–Crippen MR) is 98.6 cm³/mol. The van der Waals surface area contributed by atoms with E-state index < -0.39 is 5.66 Å². The number of benzene rings is 1. The van der Waals surface area contributed by atoms with E-state index in [4.69, 9.17) is 22.9 Å². The van der Waals surface area contributed by atoms with Crippen molar-refractivity contribution in [2.24, 2.45) is 38.8 Å². The molecule has 0 unspecified atom stereocenters. The zero-order valence-electron chi connectivity index (χ0n) is 13.7. The minimum absolute atomic E-state index is 0. The molecule has 0 aromatic heterocycles. The van der Waals surface area contributed by atoms with Gasteiger partial charge in [0.2, 0.25) is 0 Å². The summed E-state index contributed by atoms with van der Waals surface area (Å²) in [5.41, 5.74) is 25.5. The number of hydrogen-bond acceptors (Lipinski definition) is 2. The minimum Gasteiger partial charge on any atom is -0.370 e. The first-order valence-electron chi connectivity index (χ1n) is 7.59. The SMILES string of the molecule is Cc1cc(C)cc(CCC(N=C(N)N)(N=C(N)N)C2CC2)c1.Cl. The zero-order chi connectivity index (χ0) is 16.3. The Balaban J connectivity index is 0.00000264. The van der Waals surface area contributed by atoms with E-state index in [2.05, 4.69) is 42.0 Å². The van der Waals surface area contributed by atoms with Gasteiger partial charge in [0.15, 0.2) is 17.6 Å². The van der Waals surface area contributed by atoms with Crippen LogP contribution in [0, 0.1) is 19.8 Å². The molecule has 1 aliphatic rings. The maximum absolute atomic E-state index is 5.61. The van der Waals surface area contributed by atoms with Crippen molar-refractivity contribution in [3.05, 3.63) is 34.9 Å². The predicted octanol–water partition coefficient (Wildman–Crippen LogP) is 1.31. The molecule has 0 heterocycles. The van der Waals surface area contributed by atoms with Gasteiger partial charge in [0, 0.05) is 5.92 Å². The average Bonchev–Trinajstić information content (AvgIpc) is 3.17. The van der Waals surface area contributed by atoms with Crippen molar-refractivity contribution in [2.45, 2.75) is 45.2 Å². The summed E-state index contributed by atoms with van der Waals surface area (Å²) >= 11 is 0. The Morgan fingerprint density at radius 2 is 1.48 bits per heavy atom. The van der Waals surface area contributed by atoms with Gasteiger partial charge in [-0.1, -0.05) is 29.3 Å². The molecule has 128 valence electrons. The van der Waals surface area contributed by atoms with Crippen LogP contribution in [0.3, 0.4) is 0 Å². The molecular formula is C16H27ClN6. The van der Waals surface area contributed by atoms with Gasteiger partial charge in [0.05, 0.1) is 0 Å². The fourth-order valence-corrected chi connectivity index (χ4v) is 3.06. The lowest BCUT2D eigenvalue weighted by molar-refractivity contribution is 0.362. The number of aryl methyl sites for hydroxylation is 3. The molecule has 0 saturated heterocycles. The summed E-state index contributed by atoms with van der Waals surface area (Å²) in [6.07, 6.45) is 3.60. The highest BCUT2D eigenvalue weighted by Crippen LogP contribution is 2.45. The molecule has 1 fully saturated rings. The molecule has 0 amide bonds. The van der Waals surface area contributed by atoms with E-state index in [9.17, 15) is 0 Å². The maximum Gasteiger partial charge on any atom is 0.188 e. The first-order chi connectivity index (χ1) is 10.3. The zero-order valence-corrected chi connectivity index (χ0v) is 14.6. The van der Waals surface area contributed by atoms with Crippen LogP contribution in [-0.4, -0.2) is 17.6 Å².